The van der Waals surface area contributed by atoms with Crippen LogP contribution in [0.25, 0.3) is 0 Å². The van der Waals surface area contributed by atoms with Gasteiger partial charge in [0.2, 0.25) is 5.91 Å². The number of hydrogen-bond donors (Lipinski definition) is 0. The van der Waals surface area contributed by atoms with E-state index >= 15 is 0 Å². The average Bonchev–Trinajstić information content (AvgIpc) is 2.66. The molecule has 1 fully saturated rings. The molecule has 0 spiro atoms. The molecule has 0 aromatic heterocycles. The minimum atomic E-state index is -1.29. The van der Waals surface area contributed by atoms with Crippen molar-refractivity contribution in [2.75, 3.05) is 13.2 Å². The fourth-order valence-electron chi connectivity index (χ4n) is 2.59. The normalized spacial score (nSPS) is 17.7. The molecule has 0 bridgehead atoms. The number of carbonyl (C=O) groups is 2. The van der Waals surface area contributed by atoms with Gasteiger partial charge >= 0.3 is 5.97 Å². The maximum Gasteiger partial charge on any atom is 0.364 e. The van der Waals surface area contributed by atoms with Crippen molar-refractivity contribution >= 4 is 35.1 Å². The second-order valence-corrected chi connectivity index (χ2v) is 6.86. The maximum atomic E-state index is 12.1. The van der Waals surface area contributed by atoms with Crippen LogP contribution in [0.1, 0.15) is 26.2 Å². The summed E-state index contributed by atoms with van der Waals surface area (Å²) in [6, 6.07) is 6.68. The molecular weight excluding hydrogens is 389 g/mol. The summed E-state index contributed by atoms with van der Waals surface area (Å²) >= 11 is 11.6. The third-order valence-corrected chi connectivity index (χ3v) is 4.54. The second kappa shape index (κ2) is 10.9. The molecule has 2 rings (SSSR count). The Bertz CT molecular complexity index is 737. The Morgan fingerprint density at radius 2 is 2.07 bits per heavy atom. The van der Waals surface area contributed by atoms with Gasteiger partial charge in [-0.25, -0.2) is 4.79 Å². The molecule has 1 aliphatic rings. The number of nitrogens with zero attached hydrogens (tertiary/aromatic N) is 1. The Balaban J connectivity index is 1.71. The second-order valence-electron chi connectivity index (χ2n) is 6.03. The van der Waals surface area contributed by atoms with Crippen LogP contribution in [0.15, 0.2) is 36.4 Å². The summed E-state index contributed by atoms with van der Waals surface area (Å²) in [6.45, 7) is 2.68. The largest absolute Gasteiger partial charge is 0.463 e. The van der Waals surface area contributed by atoms with Gasteiger partial charge in [-0.05, 0) is 56.5 Å². The molecule has 7 heteroatoms. The molecule has 2 unspecified atom stereocenters. The van der Waals surface area contributed by atoms with Crippen molar-refractivity contribution in [3.8, 4) is 17.6 Å². The fraction of sp³-hybridized carbons (Fsp3) is 0.400. The first-order chi connectivity index (χ1) is 13.0. The molecule has 0 saturated carbocycles. The summed E-state index contributed by atoms with van der Waals surface area (Å²) in [6.07, 6.45) is 6.11. The monoisotopic (exact) mass is 409 g/mol. The summed E-state index contributed by atoms with van der Waals surface area (Å²) in [4.78, 5) is 25.7. The van der Waals surface area contributed by atoms with Crippen LogP contribution < -0.4 is 4.74 Å². The van der Waals surface area contributed by atoms with Gasteiger partial charge in [0.25, 0.3) is 5.56 Å². The summed E-state index contributed by atoms with van der Waals surface area (Å²) < 4.78 is 10.2. The van der Waals surface area contributed by atoms with Crippen LogP contribution in [-0.2, 0) is 14.3 Å². The molecule has 27 heavy (non-hydrogen) atoms. The lowest BCUT2D eigenvalue weighted by Gasteiger charge is -2.32. The quantitative estimate of drug-likeness (QED) is 0.321. The van der Waals surface area contributed by atoms with E-state index in [2.05, 4.69) is 11.8 Å². The lowest BCUT2D eigenvalue weighted by atomic mass is 10.0. The predicted octanol–water partition coefficient (Wildman–Crippen LogP) is 3.79. The standard InChI is InChI=1S/C20H21Cl2NO4/c1-15-7-4-5-13-23(15)18(24)8-3-2-6-14-26-20(25)19(22)27-17-11-9-16(21)10-12-17/h3,8-12,15,19H,4-5,7,13-14H2,1H3. The van der Waals surface area contributed by atoms with Crippen LogP contribution in [0, 0.1) is 11.8 Å². The van der Waals surface area contributed by atoms with E-state index in [-0.39, 0.29) is 18.6 Å². The zero-order valence-corrected chi connectivity index (χ0v) is 16.5. The van der Waals surface area contributed by atoms with E-state index in [1.807, 2.05) is 11.8 Å². The van der Waals surface area contributed by atoms with E-state index in [1.54, 1.807) is 24.3 Å². The Labute approximate surface area is 169 Å². The van der Waals surface area contributed by atoms with Gasteiger partial charge in [-0.2, -0.15) is 0 Å². The average molecular weight is 410 g/mol. The molecule has 5 nitrogen and oxygen atoms in total. The first-order valence-corrected chi connectivity index (χ1v) is 9.47. The van der Waals surface area contributed by atoms with Crippen molar-refractivity contribution in [1.29, 1.82) is 0 Å². The van der Waals surface area contributed by atoms with Gasteiger partial charge in [-0.3, -0.25) is 4.79 Å². The Morgan fingerprint density at radius 3 is 2.78 bits per heavy atom. The summed E-state index contributed by atoms with van der Waals surface area (Å²) in [5.41, 5.74) is -1.29. The van der Waals surface area contributed by atoms with Crippen molar-refractivity contribution in [1.82, 2.24) is 4.90 Å². The Hall–Kier alpha value is -2.16. The topological polar surface area (TPSA) is 55.8 Å². The van der Waals surface area contributed by atoms with Crippen LogP contribution in [0.5, 0.6) is 5.75 Å². The molecule has 1 aromatic rings. The maximum absolute atomic E-state index is 12.1. The minimum Gasteiger partial charge on any atom is -0.463 e. The van der Waals surface area contributed by atoms with E-state index in [9.17, 15) is 9.59 Å². The van der Waals surface area contributed by atoms with Gasteiger partial charge in [0.05, 0.1) is 0 Å². The van der Waals surface area contributed by atoms with Crippen LogP contribution in [0.3, 0.4) is 0 Å². The minimum absolute atomic E-state index is 0.0503. The third-order valence-electron chi connectivity index (χ3n) is 4.02. The number of hydrogen-bond acceptors (Lipinski definition) is 4. The van der Waals surface area contributed by atoms with Crippen molar-refractivity contribution in [3.05, 3.63) is 41.4 Å². The molecule has 1 saturated heterocycles. The van der Waals surface area contributed by atoms with E-state index in [4.69, 9.17) is 32.7 Å². The molecule has 1 heterocycles. The molecule has 144 valence electrons. The number of alkyl halides is 1. The molecule has 1 amide bonds. The number of halogens is 2. The molecule has 0 radical (unpaired) electrons. The highest BCUT2D eigenvalue weighted by Gasteiger charge is 2.21. The van der Waals surface area contributed by atoms with Gasteiger partial charge in [-0.15, -0.1) is 0 Å². The number of ether oxygens (including phenoxy) is 2. The number of esters is 1. The lowest BCUT2D eigenvalue weighted by molar-refractivity contribution is -0.146. The molecule has 1 aromatic carbocycles. The van der Waals surface area contributed by atoms with Crippen molar-refractivity contribution in [2.24, 2.45) is 0 Å². The first-order valence-electron chi connectivity index (χ1n) is 8.66. The number of amides is 1. The number of likely N-dealkylation sites (tertiary alicyclic amines) is 1. The Morgan fingerprint density at radius 1 is 1.33 bits per heavy atom. The third kappa shape index (κ3) is 7.16. The van der Waals surface area contributed by atoms with E-state index < -0.39 is 11.5 Å². The number of piperidine rings is 1. The zero-order chi connectivity index (χ0) is 19.6. The van der Waals surface area contributed by atoms with Gasteiger partial charge in [0.15, 0.2) is 6.61 Å². The van der Waals surface area contributed by atoms with Crippen LogP contribution >= 0.6 is 23.2 Å². The van der Waals surface area contributed by atoms with Gasteiger partial charge in [-0.1, -0.05) is 35.0 Å². The molecule has 2 atom stereocenters. The first kappa shape index (κ1) is 21.1. The highest BCUT2D eigenvalue weighted by atomic mass is 35.5. The molecular formula is C20H21Cl2NO4. The number of carbonyl (C=O) groups excluding carboxylic acids is 2. The SMILES string of the molecule is CC1CCCCN1C(=O)C=CC#CCOC(=O)C(Cl)Oc1ccc(Cl)cc1. The predicted molar refractivity (Wildman–Crippen MR) is 105 cm³/mol. The highest BCUT2D eigenvalue weighted by molar-refractivity contribution is 6.30. The molecule has 1 aliphatic heterocycles. The van der Waals surface area contributed by atoms with Gasteiger partial charge in [0, 0.05) is 23.7 Å². The van der Waals surface area contributed by atoms with Crippen LogP contribution in [0.2, 0.25) is 5.02 Å². The smallest absolute Gasteiger partial charge is 0.364 e. The van der Waals surface area contributed by atoms with E-state index in [0.29, 0.717) is 10.8 Å². The number of benzene rings is 1. The summed E-state index contributed by atoms with van der Waals surface area (Å²) in [5, 5.41) is 0.549. The van der Waals surface area contributed by atoms with Crippen molar-refractivity contribution in [2.45, 2.75) is 37.8 Å². The van der Waals surface area contributed by atoms with Crippen molar-refractivity contribution in [3.63, 3.8) is 0 Å². The summed E-state index contributed by atoms with van der Waals surface area (Å²) in [5.74, 6) is 4.90. The van der Waals surface area contributed by atoms with Crippen LogP contribution in [0.4, 0.5) is 0 Å². The van der Waals surface area contributed by atoms with E-state index in [1.165, 1.54) is 12.2 Å². The molecule has 0 N–H and O–H groups in total. The Kier molecular flexibility index (Phi) is 8.50. The number of allylic oxidation sites excluding steroid dienone is 1. The summed E-state index contributed by atoms with van der Waals surface area (Å²) in [7, 11) is 0. The van der Waals surface area contributed by atoms with Gasteiger partial charge < -0.3 is 14.4 Å². The highest BCUT2D eigenvalue weighted by Crippen LogP contribution is 2.18. The van der Waals surface area contributed by atoms with Crippen LogP contribution in [-0.4, -0.2) is 41.5 Å². The lowest BCUT2D eigenvalue weighted by Crippen LogP contribution is -2.41. The number of rotatable bonds is 5. The van der Waals surface area contributed by atoms with E-state index in [0.717, 1.165) is 25.8 Å². The fourth-order valence-corrected chi connectivity index (χ4v) is 2.88. The van der Waals surface area contributed by atoms with Gasteiger partial charge in [0.1, 0.15) is 5.75 Å². The molecule has 0 aliphatic carbocycles. The van der Waals surface area contributed by atoms with Crippen molar-refractivity contribution < 1.29 is 19.1 Å². The zero-order valence-electron chi connectivity index (χ0n) is 15.0.